The molecule has 2 fully saturated rings. The first kappa shape index (κ1) is 30.7. The summed E-state index contributed by atoms with van der Waals surface area (Å²) in [7, 11) is -11.6. The molecule has 11 atom stereocenters. The number of phosphoric ester groups is 2. The number of H-pyrrole nitrogens is 1. The van der Waals surface area contributed by atoms with Crippen LogP contribution >= 0.6 is 15.6 Å². The van der Waals surface area contributed by atoms with Crippen molar-refractivity contribution in [2.75, 3.05) is 6.61 Å². The molecule has 0 saturated carbocycles. The number of nitrogens with zero attached hydrogens (tertiary/aromatic N) is 1. The van der Waals surface area contributed by atoms with Gasteiger partial charge in [0.05, 0.1) is 12.7 Å². The normalized spacial score (nSPS) is 36.8. The predicted octanol–water partition coefficient (Wildman–Crippen LogP) is -4.89. The molecule has 0 aliphatic carbocycles. The Hall–Kier alpha value is -1.83. The number of aliphatic hydroxyl groups excluding tert-OH is 4. The second-order valence-corrected chi connectivity index (χ2v) is 11.3. The van der Waals surface area contributed by atoms with Gasteiger partial charge in [0.25, 0.3) is 21.2 Å². The Morgan fingerprint density at radius 2 is 1.76 bits per heavy atom. The molecule has 1 aromatic rings. The summed E-state index contributed by atoms with van der Waals surface area (Å²) in [6, 6.07) is -0.722. The molecule has 3 rings (SSSR count). The first-order valence-electron chi connectivity index (χ1n) is 10.8. The van der Waals surface area contributed by atoms with Gasteiger partial charge in [-0.15, -0.1) is 0 Å². The molecule has 2 unspecified atom stereocenters. The number of aliphatic hydroxyl groups is 4. The molecule has 0 spiro atoms. The van der Waals surface area contributed by atoms with Crippen molar-refractivity contribution in [2.45, 2.75) is 69.0 Å². The number of aromatic nitrogens is 2. The number of hydrogen-bond donors (Lipinski definition) is 6. The summed E-state index contributed by atoms with van der Waals surface area (Å²) >= 11 is 0. The minimum Gasteiger partial charge on any atom is -0.756 e. The van der Waals surface area contributed by atoms with E-state index in [1.165, 1.54) is 6.92 Å². The van der Waals surface area contributed by atoms with Crippen molar-refractivity contribution in [3.05, 3.63) is 33.1 Å². The molecule has 0 bridgehead atoms. The van der Waals surface area contributed by atoms with Crippen LogP contribution in [0.4, 0.5) is 0 Å². The lowest BCUT2D eigenvalue weighted by Gasteiger charge is -2.43. The number of ether oxygens (including phenoxy) is 2. The molecule has 38 heavy (non-hydrogen) atoms. The van der Waals surface area contributed by atoms with Gasteiger partial charge >= 0.3 is 5.69 Å². The Kier molecular flexibility index (Phi) is 9.48. The number of amides is 1. The van der Waals surface area contributed by atoms with E-state index in [4.69, 9.17) is 9.47 Å². The number of aromatic amines is 1. The van der Waals surface area contributed by atoms with Crippen molar-refractivity contribution in [1.29, 1.82) is 0 Å². The van der Waals surface area contributed by atoms with Gasteiger partial charge in [-0.1, -0.05) is 0 Å². The molecular formula is C17H25N3O16P2-2. The number of nitrogens with one attached hydrogen (secondary N) is 2. The maximum Gasteiger partial charge on any atom is 0.330 e. The van der Waals surface area contributed by atoms with Gasteiger partial charge in [-0.25, -0.2) is 9.11 Å². The summed E-state index contributed by atoms with van der Waals surface area (Å²) in [6.45, 7) is 1.15. The summed E-state index contributed by atoms with van der Waals surface area (Å²) in [4.78, 5) is 60.8. The van der Waals surface area contributed by atoms with E-state index in [0.717, 1.165) is 19.2 Å². The average Bonchev–Trinajstić information content (AvgIpc) is 3.06. The van der Waals surface area contributed by atoms with Gasteiger partial charge in [0.15, 0.2) is 12.5 Å². The van der Waals surface area contributed by atoms with Crippen molar-refractivity contribution >= 4 is 21.6 Å². The van der Waals surface area contributed by atoms with Crippen LogP contribution in [0, 0.1) is 0 Å². The monoisotopic (exact) mass is 589 g/mol. The molecule has 1 amide bonds. The number of carbonyl (C=O) groups is 1. The van der Waals surface area contributed by atoms with Crippen molar-refractivity contribution in [2.24, 2.45) is 0 Å². The number of hydrogen-bond acceptors (Lipinski definition) is 16. The molecule has 0 radical (unpaired) electrons. The molecule has 2 aliphatic rings. The Bertz CT molecular complexity index is 1220. The molecule has 216 valence electrons. The van der Waals surface area contributed by atoms with Crippen LogP contribution in [0.3, 0.4) is 0 Å². The van der Waals surface area contributed by atoms with Crippen LogP contribution in [0.15, 0.2) is 21.9 Å². The summed E-state index contributed by atoms with van der Waals surface area (Å²) in [5.41, 5.74) is -1.76. The minimum absolute atomic E-state index is 0.713. The van der Waals surface area contributed by atoms with E-state index < -0.39 is 94.6 Å². The van der Waals surface area contributed by atoms with Gasteiger partial charge in [0.2, 0.25) is 5.91 Å². The Labute approximate surface area is 212 Å². The third kappa shape index (κ3) is 7.22. The summed E-state index contributed by atoms with van der Waals surface area (Å²) in [6.07, 6.45) is -12.4. The highest BCUT2D eigenvalue weighted by atomic mass is 31.3. The second-order valence-electron chi connectivity index (χ2n) is 8.36. The number of carbonyl (C=O) groups excluding carboxylic acids is 1. The molecule has 0 aromatic carbocycles. The van der Waals surface area contributed by atoms with Crippen LogP contribution < -0.4 is 26.4 Å². The molecule has 2 aliphatic heterocycles. The van der Waals surface area contributed by atoms with E-state index >= 15 is 0 Å². The molecule has 3 heterocycles. The molecule has 1 aromatic heterocycles. The van der Waals surface area contributed by atoms with E-state index in [2.05, 4.69) is 18.7 Å². The topological polar surface area (TPSA) is 291 Å². The van der Waals surface area contributed by atoms with Gasteiger partial charge in [-0.3, -0.25) is 32.8 Å². The zero-order chi connectivity index (χ0) is 28.6. The standard InChI is InChI=1S/C17H27N3O16P2/c1-6-11(23)13(25)10(18-7(2)21)16(33-6)35-38(30,31)36-37(28,29)32-5-8-12(24)14(26)15(34-8)20-4-3-9(22)19-17(20)27/h3-4,6,8,10-16,23-26H,5H2,1-2H3,(H,18,21)(H,28,29)(H,30,31)(H,19,22,27)/p-2/t6-,8+,10+,11+,12+,13-,14+,15+,16+/m0/s1. The van der Waals surface area contributed by atoms with Crippen LogP contribution in [-0.4, -0.2) is 91.4 Å². The van der Waals surface area contributed by atoms with Crippen molar-refractivity contribution < 1.29 is 67.0 Å². The Morgan fingerprint density at radius 1 is 1.11 bits per heavy atom. The van der Waals surface area contributed by atoms with E-state index in [-0.39, 0.29) is 0 Å². The number of rotatable bonds is 9. The SMILES string of the molecule is CC(=O)N[C@H]1[C@@H](OP(=O)([O-])OP(=O)([O-])OC[C@H]2O[C@@H](n3ccc(=O)[nH]c3=O)[C@H](O)[C@@H]2O)O[C@@H](C)[C@@H](O)[C@H]1O. The maximum absolute atomic E-state index is 12.3. The third-order valence-corrected chi connectivity index (χ3v) is 8.03. The van der Waals surface area contributed by atoms with Crippen LogP contribution in [0.25, 0.3) is 0 Å². The molecule has 2 saturated heterocycles. The third-order valence-electron chi connectivity index (χ3n) is 5.50. The van der Waals surface area contributed by atoms with Crippen LogP contribution in [0.2, 0.25) is 0 Å². The van der Waals surface area contributed by atoms with Crippen LogP contribution in [-0.2, 0) is 36.8 Å². The minimum atomic E-state index is -5.85. The summed E-state index contributed by atoms with van der Waals surface area (Å²) in [5.74, 6) is -0.771. The van der Waals surface area contributed by atoms with E-state index in [1.807, 2.05) is 4.98 Å². The summed E-state index contributed by atoms with van der Waals surface area (Å²) in [5, 5.41) is 42.5. The van der Waals surface area contributed by atoms with Gasteiger partial charge in [-0.2, -0.15) is 0 Å². The first-order chi connectivity index (χ1) is 17.5. The predicted molar refractivity (Wildman–Crippen MR) is 115 cm³/mol. The van der Waals surface area contributed by atoms with Crippen LogP contribution in [0.5, 0.6) is 0 Å². The van der Waals surface area contributed by atoms with Gasteiger partial charge < -0.3 is 49.5 Å². The van der Waals surface area contributed by atoms with Crippen LogP contribution in [0.1, 0.15) is 20.1 Å². The Balaban J connectivity index is 1.64. The largest absolute Gasteiger partial charge is 0.756 e. The summed E-state index contributed by atoms with van der Waals surface area (Å²) < 4.78 is 48.4. The molecule has 6 N–H and O–H groups in total. The molecule has 21 heteroatoms. The lowest BCUT2D eigenvalue weighted by atomic mass is 9.98. The average molecular weight is 589 g/mol. The molecule has 19 nitrogen and oxygen atoms in total. The van der Waals surface area contributed by atoms with E-state index in [9.17, 15) is 53.7 Å². The zero-order valence-corrected chi connectivity index (χ0v) is 21.4. The van der Waals surface area contributed by atoms with Gasteiger partial charge in [0, 0.05) is 19.2 Å². The van der Waals surface area contributed by atoms with Gasteiger partial charge in [0.1, 0.15) is 36.6 Å². The fourth-order valence-electron chi connectivity index (χ4n) is 3.69. The quantitative estimate of drug-likeness (QED) is 0.147. The highest BCUT2D eigenvalue weighted by Crippen LogP contribution is 2.57. The van der Waals surface area contributed by atoms with Crippen molar-refractivity contribution in [3.63, 3.8) is 0 Å². The van der Waals surface area contributed by atoms with Gasteiger partial charge in [-0.05, 0) is 6.92 Å². The van der Waals surface area contributed by atoms with Crippen molar-refractivity contribution in [3.8, 4) is 0 Å². The van der Waals surface area contributed by atoms with E-state index in [1.54, 1.807) is 0 Å². The lowest BCUT2D eigenvalue weighted by Crippen LogP contribution is -2.63. The van der Waals surface area contributed by atoms with E-state index in [0.29, 0.717) is 4.57 Å². The fraction of sp³-hybridized carbons (Fsp3) is 0.706. The highest BCUT2D eigenvalue weighted by Gasteiger charge is 2.47. The smallest absolute Gasteiger partial charge is 0.330 e. The lowest BCUT2D eigenvalue weighted by molar-refractivity contribution is -0.280. The first-order valence-corrected chi connectivity index (χ1v) is 13.7. The highest BCUT2D eigenvalue weighted by molar-refractivity contribution is 7.59. The number of phosphoric acid groups is 2. The zero-order valence-electron chi connectivity index (χ0n) is 19.6. The second kappa shape index (κ2) is 11.7. The fourth-order valence-corrected chi connectivity index (χ4v) is 5.78. The van der Waals surface area contributed by atoms with Crippen molar-refractivity contribution in [1.82, 2.24) is 14.9 Å². The Morgan fingerprint density at radius 3 is 2.37 bits per heavy atom. The molecular weight excluding hydrogens is 564 g/mol. The maximum atomic E-state index is 12.3.